The van der Waals surface area contributed by atoms with Gasteiger partial charge in [0, 0.05) is 27.6 Å². The lowest BCUT2D eigenvalue weighted by atomic mass is 10.1. The van der Waals surface area contributed by atoms with E-state index in [0.29, 0.717) is 18.7 Å². The van der Waals surface area contributed by atoms with Crippen molar-refractivity contribution in [1.29, 1.82) is 0 Å². The minimum Gasteiger partial charge on any atom is -0.461 e. The van der Waals surface area contributed by atoms with Crippen LogP contribution in [0.3, 0.4) is 0 Å². The molecular formula is C16H21N5O2. The van der Waals surface area contributed by atoms with Gasteiger partial charge in [0.05, 0.1) is 6.61 Å². The number of hydrogen-bond donors (Lipinski definition) is 0. The summed E-state index contributed by atoms with van der Waals surface area (Å²) in [5, 5.41) is 9.53. The average Bonchev–Trinajstić information content (AvgIpc) is 2.83. The number of carbonyl (C=O) groups excluding carboxylic acids is 1. The molecule has 0 fully saturated rings. The van der Waals surface area contributed by atoms with Gasteiger partial charge in [-0.25, -0.2) is 9.78 Å². The summed E-state index contributed by atoms with van der Waals surface area (Å²) in [4.78, 5) is 16.7. The second-order valence-corrected chi connectivity index (χ2v) is 5.18. The van der Waals surface area contributed by atoms with E-state index in [2.05, 4.69) is 15.3 Å². The van der Waals surface area contributed by atoms with E-state index in [1.54, 1.807) is 37.6 Å². The van der Waals surface area contributed by atoms with Gasteiger partial charge in [0.25, 0.3) is 0 Å². The molecule has 1 aromatic carbocycles. The van der Waals surface area contributed by atoms with E-state index in [9.17, 15) is 4.79 Å². The highest BCUT2D eigenvalue weighted by molar-refractivity contribution is 5.92. The molecule has 0 aliphatic rings. The number of esters is 1. The van der Waals surface area contributed by atoms with Gasteiger partial charge in [0.1, 0.15) is 5.82 Å². The third-order valence-electron chi connectivity index (χ3n) is 3.16. The SMILES string of the molecule is CCOC(=O)c1c(N=NN(C)C)nc(Cc2ccccc2)n1C. The Morgan fingerprint density at radius 3 is 2.61 bits per heavy atom. The van der Waals surface area contributed by atoms with E-state index in [1.807, 2.05) is 30.3 Å². The first kappa shape index (κ1) is 16.7. The van der Waals surface area contributed by atoms with Gasteiger partial charge < -0.3 is 9.30 Å². The quantitative estimate of drug-likeness (QED) is 0.467. The monoisotopic (exact) mass is 315 g/mol. The smallest absolute Gasteiger partial charge is 0.359 e. The zero-order valence-electron chi connectivity index (χ0n) is 13.9. The van der Waals surface area contributed by atoms with Crippen LogP contribution in [-0.2, 0) is 18.2 Å². The first-order valence-electron chi connectivity index (χ1n) is 7.38. The van der Waals surface area contributed by atoms with Crippen molar-refractivity contribution in [2.24, 2.45) is 17.4 Å². The minimum atomic E-state index is -0.450. The van der Waals surface area contributed by atoms with Crippen LogP contribution in [-0.4, -0.2) is 41.2 Å². The van der Waals surface area contributed by atoms with Crippen molar-refractivity contribution >= 4 is 11.8 Å². The Kier molecular flexibility index (Phi) is 5.46. The number of rotatable bonds is 6. The lowest BCUT2D eigenvalue weighted by Crippen LogP contribution is -2.12. The zero-order valence-corrected chi connectivity index (χ0v) is 13.9. The standard InChI is InChI=1S/C16H21N5O2/c1-5-23-16(22)14-15(18-19-20(2)3)17-13(21(14)4)11-12-9-7-6-8-10-12/h6-10H,5,11H2,1-4H3. The maximum atomic E-state index is 12.2. The van der Waals surface area contributed by atoms with Crippen LogP contribution in [0.15, 0.2) is 40.7 Å². The van der Waals surface area contributed by atoms with Gasteiger partial charge in [-0.3, -0.25) is 5.01 Å². The summed E-state index contributed by atoms with van der Waals surface area (Å²) in [6.45, 7) is 2.06. The molecule has 23 heavy (non-hydrogen) atoms. The first-order valence-corrected chi connectivity index (χ1v) is 7.38. The molecule has 0 spiro atoms. The summed E-state index contributed by atoms with van der Waals surface area (Å²) in [7, 11) is 5.29. The summed E-state index contributed by atoms with van der Waals surface area (Å²) < 4.78 is 6.82. The molecule has 7 nitrogen and oxygen atoms in total. The number of nitrogens with zero attached hydrogens (tertiary/aromatic N) is 5. The first-order chi connectivity index (χ1) is 11.0. The number of hydrogen-bond acceptors (Lipinski definition) is 5. The van der Waals surface area contributed by atoms with Gasteiger partial charge in [-0.1, -0.05) is 35.6 Å². The second-order valence-electron chi connectivity index (χ2n) is 5.18. The van der Waals surface area contributed by atoms with E-state index in [1.165, 1.54) is 0 Å². The van der Waals surface area contributed by atoms with Crippen molar-refractivity contribution in [3.63, 3.8) is 0 Å². The second kappa shape index (κ2) is 7.53. The Hall–Kier alpha value is -2.70. The Balaban J connectivity index is 2.40. The molecule has 0 saturated carbocycles. The highest BCUT2D eigenvalue weighted by atomic mass is 16.5. The van der Waals surface area contributed by atoms with Crippen LogP contribution in [0, 0.1) is 0 Å². The number of benzene rings is 1. The van der Waals surface area contributed by atoms with Crippen molar-refractivity contribution in [3.8, 4) is 0 Å². The molecule has 0 aliphatic heterocycles. The number of imidazole rings is 1. The predicted octanol–water partition coefficient (Wildman–Crippen LogP) is 2.75. The molecule has 0 aliphatic carbocycles. The maximum absolute atomic E-state index is 12.2. The molecule has 0 radical (unpaired) electrons. The molecular weight excluding hydrogens is 294 g/mol. The number of aromatic nitrogens is 2. The molecule has 2 aromatic rings. The normalized spacial score (nSPS) is 11.0. The lowest BCUT2D eigenvalue weighted by molar-refractivity contribution is 0.0516. The van der Waals surface area contributed by atoms with Gasteiger partial charge in [0.15, 0.2) is 5.69 Å². The highest BCUT2D eigenvalue weighted by Gasteiger charge is 2.22. The summed E-state index contributed by atoms with van der Waals surface area (Å²) in [5.74, 6) is 0.548. The van der Waals surface area contributed by atoms with Crippen molar-refractivity contribution in [1.82, 2.24) is 14.6 Å². The fourth-order valence-corrected chi connectivity index (χ4v) is 2.09. The summed E-state index contributed by atoms with van der Waals surface area (Å²) in [6.07, 6.45) is 0.598. The van der Waals surface area contributed by atoms with Crippen molar-refractivity contribution in [2.45, 2.75) is 13.3 Å². The molecule has 0 saturated heterocycles. The van der Waals surface area contributed by atoms with E-state index < -0.39 is 5.97 Å². The van der Waals surface area contributed by atoms with E-state index in [-0.39, 0.29) is 5.82 Å². The number of carbonyl (C=O) groups is 1. The summed E-state index contributed by atoms with van der Waals surface area (Å²) >= 11 is 0. The fourth-order valence-electron chi connectivity index (χ4n) is 2.09. The van der Waals surface area contributed by atoms with Gasteiger partial charge in [-0.15, -0.1) is 5.11 Å². The van der Waals surface area contributed by atoms with Gasteiger partial charge in [-0.05, 0) is 12.5 Å². The largest absolute Gasteiger partial charge is 0.461 e. The van der Waals surface area contributed by atoms with Crippen molar-refractivity contribution in [2.75, 3.05) is 20.7 Å². The third-order valence-corrected chi connectivity index (χ3v) is 3.16. The summed E-state index contributed by atoms with van der Waals surface area (Å²) in [6, 6.07) is 9.93. The Morgan fingerprint density at radius 2 is 2.00 bits per heavy atom. The molecule has 0 bridgehead atoms. The van der Waals surface area contributed by atoms with Gasteiger partial charge in [-0.2, -0.15) is 0 Å². The zero-order chi connectivity index (χ0) is 16.8. The van der Waals surface area contributed by atoms with Crippen LogP contribution in [0.1, 0.15) is 28.8 Å². The molecule has 1 heterocycles. The topological polar surface area (TPSA) is 72.1 Å². The molecule has 2 rings (SSSR count). The lowest BCUT2D eigenvalue weighted by Gasteiger charge is -2.06. The fraction of sp³-hybridized carbons (Fsp3) is 0.375. The Labute approximate surface area is 135 Å². The van der Waals surface area contributed by atoms with Crippen LogP contribution in [0.5, 0.6) is 0 Å². The van der Waals surface area contributed by atoms with Gasteiger partial charge >= 0.3 is 5.97 Å². The molecule has 0 N–H and O–H groups in total. The number of ether oxygens (including phenoxy) is 1. The van der Waals surface area contributed by atoms with Crippen LogP contribution in [0.4, 0.5) is 5.82 Å². The van der Waals surface area contributed by atoms with Crippen LogP contribution in [0.2, 0.25) is 0 Å². The molecule has 0 unspecified atom stereocenters. The highest BCUT2D eigenvalue weighted by Crippen LogP contribution is 2.22. The molecule has 0 atom stereocenters. The Morgan fingerprint density at radius 1 is 1.30 bits per heavy atom. The molecule has 1 aromatic heterocycles. The average molecular weight is 315 g/mol. The van der Waals surface area contributed by atoms with Crippen LogP contribution >= 0.6 is 0 Å². The van der Waals surface area contributed by atoms with Crippen LogP contribution < -0.4 is 0 Å². The van der Waals surface area contributed by atoms with Crippen molar-refractivity contribution < 1.29 is 9.53 Å². The van der Waals surface area contributed by atoms with E-state index in [4.69, 9.17) is 4.74 Å². The van der Waals surface area contributed by atoms with Gasteiger partial charge in [0.2, 0.25) is 5.82 Å². The predicted molar refractivity (Wildman–Crippen MR) is 86.6 cm³/mol. The minimum absolute atomic E-state index is 0.269. The van der Waals surface area contributed by atoms with Crippen LogP contribution in [0.25, 0.3) is 0 Å². The van der Waals surface area contributed by atoms with E-state index >= 15 is 0 Å². The van der Waals surface area contributed by atoms with Crippen molar-refractivity contribution in [3.05, 3.63) is 47.4 Å². The third kappa shape index (κ3) is 4.15. The summed E-state index contributed by atoms with van der Waals surface area (Å²) in [5.41, 5.74) is 1.41. The maximum Gasteiger partial charge on any atom is 0.359 e. The molecule has 122 valence electrons. The van der Waals surface area contributed by atoms with E-state index in [0.717, 1.165) is 11.4 Å². The Bertz CT molecular complexity index is 692. The molecule has 7 heteroatoms. The molecule has 0 amide bonds.